The normalized spacial score (nSPS) is 12.1. The van der Waals surface area contributed by atoms with Gasteiger partial charge in [0.15, 0.2) is 0 Å². The third kappa shape index (κ3) is 2.31. The minimum Gasteiger partial charge on any atom is -0.407 e. The number of nitrogens with one attached hydrogen (secondary N) is 1. The van der Waals surface area contributed by atoms with Crippen LogP contribution >= 0.6 is 0 Å². The van der Waals surface area contributed by atoms with Crippen LogP contribution in [0.2, 0.25) is 0 Å². The van der Waals surface area contributed by atoms with Crippen molar-refractivity contribution in [1.82, 2.24) is 10.2 Å². The van der Waals surface area contributed by atoms with Crippen LogP contribution in [0.1, 0.15) is 40.3 Å². The highest BCUT2D eigenvalue weighted by atomic mass is 15.2. The maximum absolute atomic E-state index is 5.85. The molecule has 1 aromatic rings. The van der Waals surface area contributed by atoms with Crippen molar-refractivity contribution in [3.05, 3.63) is 11.8 Å². The molecular weight excluding hydrogens is 173 g/mol. The van der Waals surface area contributed by atoms with Gasteiger partial charge in [-0.05, 0) is 13.8 Å². The van der Waals surface area contributed by atoms with Crippen LogP contribution in [0.5, 0.6) is 0 Å². The molecule has 0 amide bonds. The highest BCUT2D eigenvalue weighted by Gasteiger charge is 2.18. The summed E-state index contributed by atoms with van der Waals surface area (Å²) in [6, 6.07) is 2.26. The Bertz CT molecular complexity index is 299. The molecule has 4 heteroatoms. The summed E-state index contributed by atoms with van der Waals surface area (Å²) >= 11 is 0. The van der Waals surface area contributed by atoms with Gasteiger partial charge in [0, 0.05) is 23.2 Å². The zero-order chi connectivity index (χ0) is 10.9. The number of anilines is 1. The minimum atomic E-state index is 0.0864. The summed E-state index contributed by atoms with van der Waals surface area (Å²) in [4.78, 5) is 1.66. The molecule has 1 heterocycles. The topological polar surface area (TPSA) is 31.9 Å². The first-order valence-electron chi connectivity index (χ1n) is 4.92. The summed E-state index contributed by atoms with van der Waals surface area (Å²) in [5, 5.41) is 7.19. The van der Waals surface area contributed by atoms with Crippen LogP contribution in [0.15, 0.2) is 6.07 Å². The van der Waals surface area contributed by atoms with Gasteiger partial charge in [-0.3, -0.25) is 5.10 Å². The Labute approximate surface area is 87.3 Å². The molecule has 0 unspecified atom stereocenters. The summed E-state index contributed by atoms with van der Waals surface area (Å²) in [7, 11) is 5.85. The predicted molar refractivity (Wildman–Crippen MR) is 60.7 cm³/mol. The molecule has 1 N–H and O–H groups in total. The SMILES string of the molecule is [B]N(c1cc(C(C)(C)C)[nH]n1)C(C)C. The largest absolute Gasteiger partial charge is 0.407 e. The van der Waals surface area contributed by atoms with E-state index >= 15 is 0 Å². The molecule has 1 rings (SSSR count). The Morgan fingerprint density at radius 2 is 2.00 bits per heavy atom. The van der Waals surface area contributed by atoms with E-state index in [1.54, 1.807) is 4.81 Å². The molecule has 0 atom stereocenters. The van der Waals surface area contributed by atoms with Crippen LogP contribution in [0.4, 0.5) is 5.82 Å². The molecule has 0 aliphatic carbocycles. The van der Waals surface area contributed by atoms with Gasteiger partial charge in [-0.2, -0.15) is 5.10 Å². The van der Waals surface area contributed by atoms with E-state index in [9.17, 15) is 0 Å². The van der Waals surface area contributed by atoms with Gasteiger partial charge >= 0.3 is 0 Å². The smallest absolute Gasteiger partial charge is 0.229 e. The van der Waals surface area contributed by atoms with Crippen LogP contribution in [-0.2, 0) is 5.41 Å². The van der Waals surface area contributed by atoms with Crippen molar-refractivity contribution in [2.45, 2.75) is 46.1 Å². The lowest BCUT2D eigenvalue weighted by atomic mass is 9.92. The highest BCUT2D eigenvalue weighted by molar-refractivity contribution is 6.17. The number of H-pyrrole nitrogens is 1. The van der Waals surface area contributed by atoms with Gasteiger partial charge < -0.3 is 4.81 Å². The number of aromatic amines is 1. The van der Waals surface area contributed by atoms with Crippen molar-refractivity contribution in [1.29, 1.82) is 0 Å². The third-order valence-corrected chi connectivity index (χ3v) is 2.19. The molecule has 0 spiro atoms. The molecule has 0 bridgehead atoms. The summed E-state index contributed by atoms with van der Waals surface area (Å²) in [6.45, 7) is 10.5. The predicted octanol–water partition coefficient (Wildman–Crippen LogP) is 2.01. The average Bonchev–Trinajstić information content (AvgIpc) is 2.49. The Morgan fingerprint density at radius 3 is 2.36 bits per heavy atom. The molecule has 0 aliphatic heterocycles. The molecule has 1 aromatic heterocycles. The van der Waals surface area contributed by atoms with Gasteiger partial charge in [0.1, 0.15) is 5.82 Å². The second-order valence-corrected chi connectivity index (χ2v) is 4.89. The Kier molecular flexibility index (Phi) is 2.93. The van der Waals surface area contributed by atoms with Gasteiger partial charge in [0.25, 0.3) is 0 Å². The monoisotopic (exact) mass is 191 g/mol. The third-order valence-electron chi connectivity index (χ3n) is 2.19. The molecule has 3 nitrogen and oxygen atoms in total. The van der Waals surface area contributed by atoms with Crippen LogP contribution in [-0.4, -0.2) is 24.2 Å². The van der Waals surface area contributed by atoms with E-state index in [4.69, 9.17) is 7.98 Å². The van der Waals surface area contributed by atoms with E-state index in [1.165, 1.54) is 0 Å². The first kappa shape index (κ1) is 11.2. The van der Waals surface area contributed by atoms with Crippen LogP contribution in [0.25, 0.3) is 0 Å². The van der Waals surface area contributed by atoms with Gasteiger partial charge in [-0.1, -0.05) is 20.8 Å². The maximum Gasteiger partial charge on any atom is 0.229 e. The van der Waals surface area contributed by atoms with Crippen molar-refractivity contribution in [3.63, 3.8) is 0 Å². The first-order chi connectivity index (χ1) is 6.32. The lowest BCUT2D eigenvalue weighted by Gasteiger charge is -2.21. The van der Waals surface area contributed by atoms with E-state index in [-0.39, 0.29) is 11.5 Å². The van der Waals surface area contributed by atoms with Gasteiger partial charge in [-0.25, -0.2) is 0 Å². The molecule has 0 saturated heterocycles. The fourth-order valence-electron chi connectivity index (χ4n) is 1.09. The lowest BCUT2D eigenvalue weighted by Crippen LogP contribution is -2.27. The van der Waals surface area contributed by atoms with Crippen molar-refractivity contribution < 1.29 is 0 Å². The second kappa shape index (κ2) is 3.68. The fourth-order valence-corrected chi connectivity index (χ4v) is 1.09. The molecule has 76 valence electrons. The van der Waals surface area contributed by atoms with E-state index in [2.05, 4.69) is 31.0 Å². The van der Waals surface area contributed by atoms with Gasteiger partial charge in [0.2, 0.25) is 7.98 Å². The second-order valence-electron chi connectivity index (χ2n) is 4.89. The summed E-state index contributed by atoms with van der Waals surface area (Å²) in [6.07, 6.45) is 0. The average molecular weight is 191 g/mol. The summed E-state index contributed by atoms with van der Waals surface area (Å²) in [5.74, 6) is 0.796. The van der Waals surface area contributed by atoms with E-state index in [1.807, 2.05) is 19.9 Å². The highest BCUT2D eigenvalue weighted by Crippen LogP contribution is 2.23. The number of rotatable bonds is 2. The van der Waals surface area contributed by atoms with Gasteiger partial charge in [0.05, 0.1) is 0 Å². The van der Waals surface area contributed by atoms with Crippen molar-refractivity contribution in [3.8, 4) is 0 Å². The molecule has 2 radical (unpaired) electrons. The molecule has 0 fully saturated rings. The van der Waals surface area contributed by atoms with E-state index < -0.39 is 0 Å². The first-order valence-corrected chi connectivity index (χ1v) is 4.92. The molecule has 0 aromatic carbocycles. The quantitative estimate of drug-likeness (QED) is 0.725. The van der Waals surface area contributed by atoms with Crippen LogP contribution < -0.4 is 4.81 Å². The van der Waals surface area contributed by atoms with Crippen molar-refractivity contribution in [2.24, 2.45) is 0 Å². The van der Waals surface area contributed by atoms with Crippen LogP contribution in [0.3, 0.4) is 0 Å². The van der Waals surface area contributed by atoms with Crippen molar-refractivity contribution in [2.75, 3.05) is 4.81 Å². The zero-order valence-corrected chi connectivity index (χ0v) is 9.63. The van der Waals surface area contributed by atoms with E-state index in [0.29, 0.717) is 0 Å². The zero-order valence-electron chi connectivity index (χ0n) is 9.63. The number of hydrogen-bond acceptors (Lipinski definition) is 2. The number of aromatic nitrogens is 2. The Hall–Kier alpha value is -0.925. The molecular formula is C10H18BN3. The van der Waals surface area contributed by atoms with Gasteiger partial charge in [-0.15, -0.1) is 0 Å². The minimum absolute atomic E-state index is 0.0864. The van der Waals surface area contributed by atoms with E-state index in [0.717, 1.165) is 11.5 Å². The summed E-state index contributed by atoms with van der Waals surface area (Å²) in [5.41, 5.74) is 1.19. The van der Waals surface area contributed by atoms with Crippen molar-refractivity contribution >= 4 is 13.8 Å². The molecule has 14 heavy (non-hydrogen) atoms. The standard InChI is InChI=1S/C10H18BN3/c1-7(2)14(11)9-6-8(12-13-9)10(3,4)5/h6-7H,1-5H3,(H,12,13). The molecule has 0 saturated carbocycles. The lowest BCUT2D eigenvalue weighted by molar-refractivity contribution is 0.567. The molecule has 0 aliphatic rings. The number of nitrogens with zero attached hydrogens (tertiary/aromatic N) is 2. The number of hydrogen-bond donors (Lipinski definition) is 1. The fraction of sp³-hybridized carbons (Fsp3) is 0.700. The Balaban J connectivity index is 2.89. The summed E-state index contributed by atoms with van der Waals surface area (Å²) < 4.78 is 0. The van der Waals surface area contributed by atoms with Crippen LogP contribution in [0, 0.1) is 0 Å². The Morgan fingerprint density at radius 1 is 1.43 bits per heavy atom. The maximum atomic E-state index is 5.85.